The predicted octanol–water partition coefficient (Wildman–Crippen LogP) is 2.70. The number of aromatic nitrogens is 1. The van der Waals surface area contributed by atoms with E-state index in [1.165, 1.54) is 39.9 Å². The van der Waals surface area contributed by atoms with E-state index in [9.17, 15) is 0 Å². The Morgan fingerprint density at radius 1 is 1.27 bits per heavy atom. The molecule has 1 aromatic rings. The first kappa shape index (κ1) is 11.4. The van der Waals surface area contributed by atoms with E-state index in [1.807, 2.05) is 11.3 Å². The molecule has 1 saturated heterocycles. The highest BCUT2D eigenvalue weighted by Gasteiger charge is 2.35. The molecule has 0 atom stereocenters. The maximum atomic E-state index is 4.72. The van der Waals surface area contributed by atoms with Crippen LogP contribution in [-0.2, 0) is 5.54 Å². The van der Waals surface area contributed by atoms with E-state index in [1.54, 1.807) is 0 Å². The van der Waals surface area contributed by atoms with Crippen LogP contribution >= 0.6 is 23.1 Å². The number of thioether (sulfide) groups is 1. The van der Waals surface area contributed by atoms with Crippen LogP contribution in [0.5, 0.6) is 0 Å². The van der Waals surface area contributed by atoms with Gasteiger partial charge in [-0.05, 0) is 45.2 Å². The molecule has 1 aromatic heterocycles. The minimum atomic E-state index is 0.162. The summed E-state index contributed by atoms with van der Waals surface area (Å²) < 4.78 is 0. The zero-order valence-electron chi connectivity index (χ0n) is 9.59. The average Bonchev–Trinajstić information content (AvgIpc) is 2.61. The van der Waals surface area contributed by atoms with Crippen LogP contribution in [0.15, 0.2) is 0 Å². The standard InChI is InChI=1S/C11H18N2S2/c1-8-9(2)15-10(13-8)11(12-3)4-6-14-7-5-11/h12H,4-7H2,1-3H3. The lowest BCUT2D eigenvalue weighted by molar-refractivity contribution is 0.331. The van der Waals surface area contributed by atoms with Gasteiger partial charge in [-0.1, -0.05) is 0 Å². The van der Waals surface area contributed by atoms with E-state index in [2.05, 4.69) is 38.0 Å². The van der Waals surface area contributed by atoms with E-state index < -0.39 is 0 Å². The van der Waals surface area contributed by atoms with Crippen molar-refractivity contribution in [1.29, 1.82) is 0 Å². The number of nitrogens with one attached hydrogen (secondary N) is 1. The zero-order chi connectivity index (χ0) is 10.9. The third-order valence-corrected chi connectivity index (χ3v) is 5.53. The molecule has 4 heteroatoms. The smallest absolute Gasteiger partial charge is 0.113 e. The van der Waals surface area contributed by atoms with Crippen molar-refractivity contribution in [2.24, 2.45) is 0 Å². The molecule has 0 unspecified atom stereocenters. The molecule has 1 aliphatic rings. The van der Waals surface area contributed by atoms with Gasteiger partial charge in [0.2, 0.25) is 0 Å². The SMILES string of the molecule is CNC1(c2nc(C)c(C)s2)CCSCC1. The molecule has 0 bridgehead atoms. The summed E-state index contributed by atoms with van der Waals surface area (Å²) in [7, 11) is 2.07. The van der Waals surface area contributed by atoms with Crippen LogP contribution in [0, 0.1) is 13.8 Å². The lowest BCUT2D eigenvalue weighted by atomic mass is 9.93. The third kappa shape index (κ3) is 2.08. The average molecular weight is 242 g/mol. The number of rotatable bonds is 2. The first-order valence-corrected chi connectivity index (χ1v) is 7.36. The Kier molecular flexibility index (Phi) is 3.38. The fraction of sp³-hybridized carbons (Fsp3) is 0.727. The topological polar surface area (TPSA) is 24.9 Å². The second kappa shape index (κ2) is 4.44. The molecule has 0 saturated carbocycles. The van der Waals surface area contributed by atoms with Crippen molar-refractivity contribution in [1.82, 2.24) is 10.3 Å². The maximum absolute atomic E-state index is 4.72. The molecule has 2 heterocycles. The summed E-state index contributed by atoms with van der Waals surface area (Å²) in [5.74, 6) is 2.50. The monoisotopic (exact) mass is 242 g/mol. The largest absolute Gasteiger partial charge is 0.308 e. The summed E-state index contributed by atoms with van der Waals surface area (Å²) in [6, 6.07) is 0. The fourth-order valence-electron chi connectivity index (χ4n) is 1.97. The molecule has 0 aliphatic carbocycles. The highest BCUT2D eigenvalue weighted by molar-refractivity contribution is 7.99. The van der Waals surface area contributed by atoms with Crippen molar-refractivity contribution in [3.05, 3.63) is 15.6 Å². The quantitative estimate of drug-likeness (QED) is 0.863. The van der Waals surface area contributed by atoms with Crippen molar-refractivity contribution < 1.29 is 0 Å². The van der Waals surface area contributed by atoms with Crippen LogP contribution in [-0.4, -0.2) is 23.5 Å². The molecular formula is C11H18N2S2. The van der Waals surface area contributed by atoms with Crippen LogP contribution in [0.1, 0.15) is 28.4 Å². The van der Waals surface area contributed by atoms with E-state index in [4.69, 9.17) is 4.98 Å². The molecule has 84 valence electrons. The van der Waals surface area contributed by atoms with Gasteiger partial charge in [0, 0.05) is 4.88 Å². The van der Waals surface area contributed by atoms with Crippen molar-refractivity contribution in [2.45, 2.75) is 32.2 Å². The summed E-state index contributed by atoms with van der Waals surface area (Å²) in [5.41, 5.74) is 1.36. The molecule has 1 fully saturated rings. The summed E-state index contributed by atoms with van der Waals surface area (Å²) in [6.45, 7) is 4.27. The molecule has 0 radical (unpaired) electrons. The molecule has 2 rings (SSSR count). The molecule has 0 amide bonds. The highest BCUT2D eigenvalue weighted by atomic mass is 32.2. The van der Waals surface area contributed by atoms with E-state index in [0.717, 1.165) is 0 Å². The van der Waals surface area contributed by atoms with Gasteiger partial charge in [0.05, 0.1) is 11.2 Å². The molecule has 2 nitrogen and oxygen atoms in total. The highest BCUT2D eigenvalue weighted by Crippen LogP contribution is 2.38. The predicted molar refractivity (Wildman–Crippen MR) is 68.9 cm³/mol. The molecule has 0 aromatic carbocycles. The number of nitrogens with zero attached hydrogens (tertiary/aromatic N) is 1. The van der Waals surface area contributed by atoms with Crippen LogP contribution in [0.2, 0.25) is 0 Å². The summed E-state index contributed by atoms with van der Waals surface area (Å²) in [6.07, 6.45) is 2.42. The van der Waals surface area contributed by atoms with Gasteiger partial charge in [0.1, 0.15) is 5.01 Å². The van der Waals surface area contributed by atoms with Crippen LogP contribution < -0.4 is 5.32 Å². The Balaban J connectivity index is 2.32. The summed E-state index contributed by atoms with van der Waals surface area (Å²) in [5, 5.41) is 4.80. The Morgan fingerprint density at radius 3 is 2.40 bits per heavy atom. The number of thiazole rings is 1. The Morgan fingerprint density at radius 2 is 1.93 bits per heavy atom. The van der Waals surface area contributed by atoms with Crippen molar-refractivity contribution in [3.63, 3.8) is 0 Å². The molecule has 1 N–H and O–H groups in total. The van der Waals surface area contributed by atoms with Crippen molar-refractivity contribution in [2.75, 3.05) is 18.6 Å². The van der Waals surface area contributed by atoms with Gasteiger partial charge in [-0.3, -0.25) is 0 Å². The molecule has 15 heavy (non-hydrogen) atoms. The van der Waals surface area contributed by atoms with Crippen LogP contribution in [0.4, 0.5) is 0 Å². The third-order valence-electron chi connectivity index (χ3n) is 3.26. The number of hydrogen-bond donors (Lipinski definition) is 1. The van der Waals surface area contributed by atoms with Gasteiger partial charge in [0.25, 0.3) is 0 Å². The molecule has 1 aliphatic heterocycles. The van der Waals surface area contributed by atoms with Gasteiger partial charge in [0.15, 0.2) is 0 Å². The first-order valence-electron chi connectivity index (χ1n) is 5.39. The fourth-order valence-corrected chi connectivity index (χ4v) is 4.33. The lowest BCUT2D eigenvalue weighted by Crippen LogP contribution is -2.43. The lowest BCUT2D eigenvalue weighted by Gasteiger charge is -2.34. The minimum Gasteiger partial charge on any atom is -0.308 e. The van der Waals surface area contributed by atoms with Gasteiger partial charge in [-0.15, -0.1) is 11.3 Å². The van der Waals surface area contributed by atoms with Gasteiger partial charge >= 0.3 is 0 Å². The second-order valence-corrected chi connectivity index (χ2v) is 6.53. The molecular weight excluding hydrogens is 224 g/mol. The maximum Gasteiger partial charge on any atom is 0.113 e. The van der Waals surface area contributed by atoms with E-state index in [0.29, 0.717) is 0 Å². The zero-order valence-corrected chi connectivity index (χ0v) is 11.2. The Hall–Kier alpha value is -0.0600. The number of hydrogen-bond acceptors (Lipinski definition) is 4. The Bertz CT molecular complexity index is 321. The minimum absolute atomic E-state index is 0.162. The van der Waals surface area contributed by atoms with Crippen LogP contribution in [0.25, 0.3) is 0 Å². The summed E-state index contributed by atoms with van der Waals surface area (Å²) >= 11 is 3.92. The Labute approximate surface area is 99.9 Å². The number of aryl methyl sites for hydroxylation is 2. The van der Waals surface area contributed by atoms with Gasteiger partial charge < -0.3 is 5.32 Å². The van der Waals surface area contributed by atoms with E-state index >= 15 is 0 Å². The second-order valence-electron chi connectivity index (χ2n) is 4.11. The molecule has 0 spiro atoms. The normalized spacial score (nSPS) is 20.5. The van der Waals surface area contributed by atoms with Crippen molar-refractivity contribution >= 4 is 23.1 Å². The van der Waals surface area contributed by atoms with Gasteiger partial charge in [-0.25, -0.2) is 4.98 Å². The summed E-state index contributed by atoms with van der Waals surface area (Å²) in [4.78, 5) is 6.08. The van der Waals surface area contributed by atoms with E-state index in [-0.39, 0.29) is 5.54 Å². The van der Waals surface area contributed by atoms with Gasteiger partial charge in [-0.2, -0.15) is 11.8 Å². The van der Waals surface area contributed by atoms with Crippen LogP contribution in [0.3, 0.4) is 0 Å². The van der Waals surface area contributed by atoms with Crippen molar-refractivity contribution in [3.8, 4) is 0 Å². The first-order chi connectivity index (χ1) is 7.18.